The van der Waals surface area contributed by atoms with E-state index < -0.39 is 0 Å². The van der Waals surface area contributed by atoms with Crippen LogP contribution in [0, 0.1) is 11.3 Å². The fraction of sp³-hybridized carbons (Fsp3) is 0.182. The summed E-state index contributed by atoms with van der Waals surface area (Å²) in [6.07, 6.45) is 2.47. The molecule has 66 valence electrons. The van der Waals surface area contributed by atoms with Crippen molar-refractivity contribution < 1.29 is 4.74 Å². The van der Waals surface area contributed by atoms with Gasteiger partial charge >= 0.3 is 0 Å². The van der Waals surface area contributed by atoms with Gasteiger partial charge in [-0.1, -0.05) is 18.2 Å². The molecule has 13 heavy (non-hydrogen) atoms. The highest BCUT2D eigenvalue weighted by Crippen LogP contribution is 2.21. The second-order valence-corrected chi connectivity index (χ2v) is 2.60. The van der Waals surface area contributed by atoms with Gasteiger partial charge in [0.1, 0.15) is 11.8 Å². The number of ether oxygens (including phenoxy) is 1. The maximum absolute atomic E-state index is 8.89. The summed E-state index contributed by atoms with van der Waals surface area (Å²) in [6.45, 7) is 3.64. The zero-order valence-corrected chi connectivity index (χ0v) is 7.58. The number of allylic oxidation sites excluding steroid dienone is 1. The number of benzene rings is 1. The van der Waals surface area contributed by atoms with Gasteiger partial charge in [0.2, 0.25) is 0 Å². The molecule has 1 aromatic carbocycles. The average Bonchev–Trinajstić information content (AvgIpc) is 2.18. The Kier molecular flexibility index (Phi) is 3.10. The molecule has 1 aromatic rings. The van der Waals surface area contributed by atoms with Gasteiger partial charge in [0, 0.05) is 0 Å². The van der Waals surface area contributed by atoms with Crippen LogP contribution in [0.3, 0.4) is 0 Å². The minimum atomic E-state index is 0.602. The lowest BCUT2D eigenvalue weighted by molar-refractivity contribution is 0.413. The molecule has 0 fully saturated rings. The van der Waals surface area contributed by atoms with Gasteiger partial charge in [-0.3, -0.25) is 0 Å². The molecule has 0 N–H and O–H groups in total. The van der Waals surface area contributed by atoms with Crippen LogP contribution >= 0.6 is 0 Å². The molecule has 0 saturated heterocycles. The summed E-state index contributed by atoms with van der Waals surface area (Å²) in [5.41, 5.74) is 1.56. The van der Waals surface area contributed by atoms with Crippen LogP contribution in [0.4, 0.5) is 0 Å². The van der Waals surface area contributed by atoms with Crippen molar-refractivity contribution in [3.63, 3.8) is 0 Å². The van der Waals surface area contributed by atoms with E-state index in [1.54, 1.807) is 19.3 Å². The molecule has 0 atom stereocenters. The number of hydrogen-bond acceptors (Lipinski definition) is 2. The van der Waals surface area contributed by atoms with Crippen molar-refractivity contribution in [2.75, 3.05) is 7.11 Å². The third-order valence-corrected chi connectivity index (χ3v) is 1.81. The van der Waals surface area contributed by atoms with Crippen molar-refractivity contribution in [3.8, 4) is 11.8 Å². The zero-order valence-electron chi connectivity index (χ0n) is 7.58. The van der Waals surface area contributed by atoms with Gasteiger partial charge < -0.3 is 4.74 Å². The van der Waals surface area contributed by atoms with Gasteiger partial charge in [0.15, 0.2) is 0 Å². The van der Waals surface area contributed by atoms with Gasteiger partial charge in [-0.05, 0) is 18.1 Å². The first kappa shape index (κ1) is 9.34. The standard InChI is InChI=1S/C11H11NO/c1-3-5-9-6-4-7-11(13-2)10(9)8-12/h3-4,6-7H,1,5H2,2H3. The zero-order chi connectivity index (χ0) is 9.68. The first-order chi connectivity index (χ1) is 6.33. The Hall–Kier alpha value is -1.75. The molecule has 0 aliphatic rings. The lowest BCUT2D eigenvalue weighted by Crippen LogP contribution is -1.93. The molecule has 1 rings (SSSR count). The molecule has 2 heteroatoms. The Balaban J connectivity index is 3.20. The van der Waals surface area contributed by atoms with Crippen LogP contribution in [0.5, 0.6) is 5.75 Å². The van der Waals surface area contributed by atoms with Crippen LogP contribution in [0.2, 0.25) is 0 Å². The molecule has 0 unspecified atom stereocenters. The maximum atomic E-state index is 8.89. The Morgan fingerprint density at radius 1 is 1.62 bits per heavy atom. The summed E-state index contributed by atoms with van der Waals surface area (Å²) in [5, 5.41) is 8.89. The predicted octanol–water partition coefficient (Wildman–Crippen LogP) is 2.30. The van der Waals surface area contributed by atoms with E-state index in [9.17, 15) is 0 Å². The normalized spacial score (nSPS) is 8.92. The van der Waals surface area contributed by atoms with E-state index in [0.29, 0.717) is 17.7 Å². The quantitative estimate of drug-likeness (QED) is 0.657. The summed E-state index contributed by atoms with van der Waals surface area (Å²) >= 11 is 0. The van der Waals surface area contributed by atoms with Crippen molar-refractivity contribution >= 4 is 0 Å². The second kappa shape index (κ2) is 4.32. The summed E-state index contributed by atoms with van der Waals surface area (Å²) in [6, 6.07) is 7.69. The molecular formula is C11H11NO. The summed E-state index contributed by atoms with van der Waals surface area (Å²) < 4.78 is 5.07. The van der Waals surface area contributed by atoms with E-state index in [4.69, 9.17) is 10.00 Å². The molecule has 2 nitrogen and oxygen atoms in total. The van der Waals surface area contributed by atoms with Crippen LogP contribution in [0.1, 0.15) is 11.1 Å². The van der Waals surface area contributed by atoms with Crippen molar-refractivity contribution in [1.29, 1.82) is 5.26 Å². The molecule has 0 radical (unpaired) electrons. The van der Waals surface area contributed by atoms with E-state index in [1.165, 1.54) is 0 Å². The largest absolute Gasteiger partial charge is 0.495 e. The van der Waals surface area contributed by atoms with E-state index >= 15 is 0 Å². The molecule has 0 heterocycles. The number of rotatable bonds is 3. The molecule has 0 saturated carbocycles. The second-order valence-electron chi connectivity index (χ2n) is 2.60. The minimum absolute atomic E-state index is 0.602. The monoisotopic (exact) mass is 173 g/mol. The van der Waals surface area contributed by atoms with Gasteiger partial charge in [-0.25, -0.2) is 0 Å². The Labute approximate surface area is 78.1 Å². The highest BCUT2D eigenvalue weighted by Gasteiger charge is 2.05. The fourth-order valence-corrected chi connectivity index (χ4v) is 1.20. The van der Waals surface area contributed by atoms with Crippen LogP contribution < -0.4 is 4.74 Å². The molecule has 0 bridgehead atoms. The molecule has 0 aliphatic carbocycles. The summed E-state index contributed by atoms with van der Waals surface area (Å²) in [7, 11) is 1.56. The Bertz CT molecular complexity index is 350. The number of nitrogens with zero attached hydrogens (tertiary/aromatic N) is 1. The molecule has 0 spiro atoms. The number of nitriles is 1. The van der Waals surface area contributed by atoms with E-state index in [-0.39, 0.29) is 0 Å². The first-order valence-electron chi connectivity index (χ1n) is 4.00. The number of hydrogen-bond donors (Lipinski definition) is 0. The Morgan fingerprint density at radius 2 is 2.38 bits per heavy atom. The van der Waals surface area contributed by atoms with Crippen LogP contribution in [-0.2, 0) is 6.42 Å². The van der Waals surface area contributed by atoms with E-state index in [0.717, 1.165) is 5.56 Å². The third kappa shape index (κ3) is 1.88. The lowest BCUT2D eigenvalue weighted by atomic mass is 10.0. The van der Waals surface area contributed by atoms with Gasteiger partial charge in [0.05, 0.1) is 12.7 Å². The lowest BCUT2D eigenvalue weighted by Gasteiger charge is -2.05. The van der Waals surface area contributed by atoms with Crippen LogP contribution in [-0.4, -0.2) is 7.11 Å². The first-order valence-corrected chi connectivity index (χ1v) is 4.00. The fourth-order valence-electron chi connectivity index (χ4n) is 1.20. The summed E-state index contributed by atoms with van der Waals surface area (Å²) in [4.78, 5) is 0. The van der Waals surface area contributed by atoms with E-state index in [1.807, 2.05) is 12.1 Å². The van der Waals surface area contributed by atoms with Crippen molar-refractivity contribution in [2.45, 2.75) is 6.42 Å². The maximum Gasteiger partial charge on any atom is 0.136 e. The highest BCUT2D eigenvalue weighted by molar-refractivity contribution is 5.49. The molecule has 0 aromatic heterocycles. The minimum Gasteiger partial charge on any atom is -0.495 e. The SMILES string of the molecule is C=CCc1cccc(OC)c1C#N. The van der Waals surface area contributed by atoms with Gasteiger partial charge in [-0.15, -0.1) is 6.58 Å². The highest BCUT2D eigenvalue weighted by atomic mass is 16.5. The van der Waals surface area contributed by atoms with Crippen LogP contribution in [0.25, 0.3) is 0 Å². The third-order valence-electron chi connectivity index (χ3n) is 1.81. The number of methoxy groups -OCH3 is 1. The van der Waals surface area contributed by atoms with Crippen molar-refractivity contribution in [2.24, 2.45) is 0 Å². The van der Waals surface area contributed by atoms with Crippen molar-refractivity contribution in [1.82, 2.24) is 0 Å². The Morgan fingerprint density at radius 3 is 2.92 bits per heavy atom. The van der Waals surface area contributed by atoms with Gasteiger partial charge in [0.25, 0.3) is 0 Å². The smallest absolute Gasteiger partial charge is 0.136 e. The van der Waals surface area contributed by atoms with E-state index in [2.05, 4.69) is 12.6 Å². The predicted molar refractivity (Wildman–Crippen MR) is 51.6 cm³/mol. The van der Waals surface area contributed by atoms with Crippen molar-refractivity contribution in [3.05, 3.63) is 42.0 Å². The van der Waals surface area contributed by atoms with Crippen LogP contribution in [0.15, 0.2) is 30.9 Å². The summed E-state index contributed by atoms with van der Waals surface area (Å²) in [5.74, 6) is 0.627. The topological polar surface area (TPSA) is 33.0 Å². The molecule has 0 aliphatic heterocycles. The molecular weight excluding hydrogens is 162 g/mol. The average molecular weight is 173 g/mol. The van der Waals surface area contributed by atoms with Gasteiger partial charge in [-0.2, -0.15) is 5.26 Å². The molecule has 0 amide bonds.